The molecule has 1 aromatic heterocycles. The van der Waals surface area contributed by atoms with Crippen molar-refractivity contribution in [1.82, 2.24) is 15.3 Å². The molecule has 0 bridgehead atoms. The fraction of sp³-hybridized carbons (Fsp3) is 0.375. The molecule has 1 saturated carbocycles. The maximum Gasteiger partial charge on any atom is 0.0725 e. The Morgan fingerprint density at radius 2 is 2.10 bits per heavy atom. The van der Waals surface area contributed by atoms with Gasteiger partial charge in [0.25, 0.3) is 0 Å². The van der Waals surface area contributed by atoms with Gasteiger partial charge >= 0.3 is 0 Å². The fourth-order valence-corrected chi connectivity index (χ4v) is 3.05. The quantitative estimate of drug-likeness (QED) is 0.927. The van der Waals surface area contributed by atoms with E-state index in [4.69, 9.17) is 0 Å². The summed E-state index contributed by atoms with van der Waals surface area (Å²) in [5.41, 5.74) is 3.42. The van der Waals surface area contributed by atoms with Gasteiger partial charge in [-0.15, -0.1) is 0 Å². The van der Waals surface area contributed by atoms with Gasteiger partial charge < -0.3 is 5.32 Å². The van der Waals surface area contributed by atoms with E-state index in [9.17, 15) is 0 Å². The molecule has 1 aliphatic rings. The summed E-state index contributed by atoms with van der Waals surface area (Å²) >= 11 is 3.56. The lowest BCUT2D eigenvalue weighted by molar-refractivity contribution is 0.182. The highest BCUT2D eigenvalue weighted by Gasteiger charge is 2.38. The molecule has 4 heteroatoms. The average Bonchev–Trinajstić information content (AvgIpc) is 2.40. The van der Waals surface area contributed by atoms with Gasteiger partial charge in [-0.2, -0.15) is 0 Å². The molecule has 3 rings (SSSR count). The highest BCUT2D eigenvalue weighted by Crippen LogP contribution is 2.42. The van der Waals surface area contributed by atoms with Crippen molar-refractivity contribution >= 4 is 15.9 Å². The molecule has 0 amide bonds. The van der Waals surface area contributed by atoms with Crippen LogP contribution in [0.15, 0.2) is 41.1 Å². The van der Waals surface area contributed by atoms with Crippen LogP contribution >= 0.6 is 15.9 Å². The molecule has 1 aliphatic carbocycles. The van der Waals surface area contributed by atoms with Crippen molar-refractivity contribution in [2.45, 2.75) is 38.3 Å². The molecule has 1 heterocycles. The Labute approximate surface area is 128 Å². The minimum absolute atomic E-state index is 0.107. The van der Waals surface area contributed by atoms with E-state index in [0.29, 0.717) is 0 Å². The number of nitrogens with zero attached hydrogens (tertiary/aromatic N) is 2. The van der Waals surface area contributed by atoms with E-state index in [1.165, 1.54) is 24.8 Å². The van der Waals surface area contributed by atoms with E-state index < -0.39 is 0 Å². The van der Waals surface area contributed by atoms with E-state index in [-0.39, 0.29) is 5.54 Å². The molecule has 2 aromatic rings. The maximum atomic E-state index is 4.42. The topological polar surface area (TPSA) is 37.8 Å². The van der Waals surface area contributed by atoms with Gasteiger partial charge in [0.15, 0.2) is 0 Å². The lowest BCUT2D eigenvalue weighted by Crippen LogP contribution is -2.47. The summed E-state index contributed by atoms with van der Waals surface area (Å²) in [5.74, 6) is 0. The monoisotopic (exact) mass is 331 g/mol. The first-order chi connectivity index (χ1) is 9.68. The second-order valence-corrected chi connectivity index (χ2v) is 6.36. The van der Waals surface area contributed by atoms with Crippen LogP contribution in [-0.2, 0) is 12.1 Å². The largest absolute Gasteiger partial charge is 0.302 e. The van der Waals surface area contributed by atoms with Crippen molar-refractivity contribution in [2.75, 3.05) is 0 Å². The summed E-state index contributed by atoms with van der Waals surface area (Å²) in [4.78, 5) is 8.72. The van der Waals surface area contributed by atoms with Gasteiger partial charge in [0.2, 0.25) is 0 Å². The third-order valence-electron chi connectivity index (χ3n) is 4.03. The molecule has 20 heavy (non-hydrogen) atoms. The van der Waals surface area contributed by atoms with Gasteiger partial charge in [0.1, 0.15) is 0 Å². The van der Waals surface area contributed by atoms with Gasteiger partial charge in [-0.05, 0) is 43.9 Å². The minimum Gasteiger partial charge on any atom is -0.302 e. The van der Waals surface area contributed by atoms with Crippen LogP contribution < -0.4 is 5.32 Å². The predicted molar refractivity (Wildman–Crippen MR) is 83.3 cm³/mol. The molecule has 1 aromatic carbocycles. The molecule has 0 aliphatic heterocycles. The Morgan fingerprint density at radius 3 is 2.70 bits per heavy atom. The Morgan fingerprint density at radius 1 is 1.25 bits per heavy atom. The number of hydrogen-bond donors (Lipinski definition) is 1. The first kappa shape index (κ1) is 13.7. The smallest absolute Gasteiger partial charge is 0.0725 e. The molecule has 0 atom stereocenters. The summed E-state index contributed by atoms with van der Waals surface area (Å²) in [6, 6.07) is 8.60. The van der Waals surface area contributed by atoms with Crippen molar-refractivity contribution in [3.63, 3.8) is 0 Å². The third kappa shape index (κ3) is 2.76. The molecule has 1 N–H and O–H groups in total. The summed E-state index contributed by atoms with van der Waals surface area (Å²) < 4.78 is 1.14. The van der Waals surface area contributed by atoms with Gasteiger partial charge in [-0.25, -0.2) is 0 Å². The highest BCUT2D eigenvalue weighted by molar-refractivity contribution is 9.10. The van der Waals surface area contributed by atoms with Gasteiger partial charge in [-0.3, -0.25) is 9.97 Å². The van der Waals surface area contributed by atoms with Crippen LogP contribution in [0.3, 0.4) is 0 Å². The molecule has 1 fully saturated rings. The number of benzene rings is 1. The molecule has 0 saturated heterocycles. The molecule has 0 radical (unpaired) electrons. The van der Waals surface area contributed by atoms with E-state index in [2.05, 4.69) is 55.5 Å². The standard InChI is InChI=1S/C16H18BrN3/c1-12-9-19-15(10-18-12)11-20-16(6-3-7-16)13-4-2-5-14(17)8-13/h2,4-5,8-10,20H,3,6-7,11H2,1H3. The molecular weight excluding hydrogens is 314 g/mol. The van der Waals surface area contributed by atoms with E-state index >= 15 is 0 Å². The van der Waals surface area contributed by atoms with Crippen molar-refractivity contribution in [2.24, 2.45) is 0 Å². The number of aromatic nitrogens is 2. The summed E-state index contributed by atoms with van der Waals surface area (Å²) in [6.45, 7) is 2.72. The van der Waals surface area contributed by atoms with E-state index in [1.807, 2.05) is 19.3 Å². The maximum absolute atomic E-state index is 4.42. The van der Waals surface area contributed by atoms with E-state index in [1.54, 1.807) is 0 Å². The number of nitrogens with one attached hydrogen (secondary N) is 1. The minimum atomic E-state index is 0.107. The molecule has 3 nitrogen and oxygen atoms in total. The molecule has 104 valence electrons. The van der Waals surface area contributed by atoms with Crippen LogP contribution in [0.1, 0.15) is 36.2 Å². The second-order valence-electron chi connectivity index (χ2n) is 5.45. The molecular formula is C16H18BrN3. The zero-order valence-corrected chi connectivity index (χ0v) is 13.2. The summed E-state index contributed by atoms with van der Waals surface area (Å²) in [5, 5.41) is 3.69. The zero-order valence-electron chi connectivity index (χ0n) is 11.6. The number of halogens is 1. The number of rotatable bonds is 4. The Balaban J connectivity index is 1.75. The van der Waals surface area contributed by atoms with Crippen LogP contribution in [0, 0.1) is 6.92 Å². The summed E-state index contributed by atoms with van der Waals surface area (Å²) in [6.07, 6.45) is 7.32. The van der Waals surface area contributed by atoms with Gasteiger partial charge in [0, 0.05) is 29.0 Å². The Kier molecular flexibility index (Phi) is 3.85. The lowest BCUT2D eigenvalue weighted by Gasteiger charge is -2.43. The molecule has 0 spiro atoms. The first-order valence-electron chi connectivity index (χ1n) is 6.97. The van der Waals surface area contributed by atoms with E-state index in [0.717, 1.165) is 22.4 Å². The first-order valence-corrected chi connectivity index (χ1v) is 7.76. The second kappa shape index (κ2) is 5.62. The van der Waals surface area contributed by atoms with Crippen LogP contribution in [0.4, 0.5) is 0 Å². The van der Waals surface area contributed by atoms with Crippen LogP contribution in [0.5, 0.6) is 0 Å². The van der Waals surface area contributed by atoms with Crippen LogP contribution in [-0.4, -0.2) is 9.97 Å². The normalized spacial score (nSPS) is 16.7. The van der Waals surface area contributed by atoms with Crippen molar-refractivity contribution in [3.05, 3.63) is 58.1 Å². The lowest BCUT2D eigenvalue weighted by atomic mass is 9.72. The third-order valence-corrected chi connectivity index (χ3v) is 4.52. The SMILES string of the molecule is Cc1cnc(CNC2(c3cccc(Br)c3)CCC2)cn1. The van der Waals surface area contributed by atoms with Crippen LogP contribution in [0.25, 0.3) is 0 Å². The average molecular weight is 332 g/mol. The Bertz CT molecular complexity index is 591. The predicted octanol–water partition coefficient (Wildman–Crippen LogP) is 3.72. The number of aryl methyl sites for hydroxylation is 1. The van der Waals surface area contributed by atoms with Gasteiger partial charge in [-0.1, -0.05) is 28.1 Å². The van der Waals surface area contributed by atoms with Crippen molar-refractivity contribution < 1.29 is 0 Å². The zero-order chi connectivity index (χ0) is 14.0. The van der Waals surface area contributed by atoms with Gasteiger partial charge in [0.05, 0.1) is 11.4 Å². The Hall–Kier alpha value is -1.26. The summed E-state index contributed by atoms with van der Waals surface area (Å²) in [7, 11) is 0. The van der Waals surface area contributed by atoms with Crippen molar-refractivity contribution in [3.8, 4) is 0 Å². The van der Waals surface area contributed by atoms with Crippen LogP contribution in [0.2, 0.25) is 0 Å². The fourth-order valence-electron chi connectivity index (χ4n) is 2.65. The number of hydrogen-bond acceptors (Lipinski definition) is 3. The van der Waals surface area contributed by atoms with Crippen molar-refractivity contribution in [1.29, 1.82) is 0 Å². The highest BCUT2D eigenvalue weighted by atomic mass is 79.9. The molecule has 0 unspecified atom stereocenters.